The van der Waals surface area contributed by atoms with Crippen molar-refractivity contribution in [2.75, 3.05) is 19.0 Å². The molecule has 0 saturated carbocycles. The quantitative estimate of drug-likeness (QED) is 0.653. The molecule has 124 valence electrons. The van der Waals surface area contributed by atoms with Gasteiger partial charge in [-0.05, 0) is 12.1 Å². The molecular formula is C15H15N5O4. The van der Waals surface area contributed by atoms with Gasteiger partial charge in [0.1, 0.15) is 6.54 Å². The molecule has 0 aliphatic carbocycles. The molecule has 0 amide bonds. The summed E-state index contributed by atoms with van der Waals surface area (Å²) in [6, 6.07) is 3.36. The summed E-state index contributed by atoms with van der Waals surface area (Å²) in [7, 11) is 3.68. The number of H-pyrrole nitrogens is 1. The van der Waals surface area contributed by atoms with E-state index >= 15 is 0 Å². The zero-order valence-electron chi connectivity index (χ0n) is 13.1. The van der Waals surface area contributed by atoms with Crippen molar-refractivity contribution in [1.82, 2.24) is 19.1 Å². The summed E-state index contributed by atoms with van der Waals surface area (Å²) < 4.78 is 2.70. The number of aliphatic carboxylic acids is 1. The second kappa shape index (κ2) is 5.69. The molecule has 0 atom stereocenters. The molecular weight excluding hydrogens is 314 g/mol. The molecule has 9 nitrogen and oxygen atoms in total. The topological polar surface area (TPSA) is 113 Å². The summed E-state index contributed by atoms with van der Waals surface area (Å²) in [4.78, 5) is 43.3. The van der Waals surface area contributed by atoms with E-state index in [1.54, 1.807) is 35.4 Å². The molecule has 0 aliphatic heterocycles. The molecule has 0 aliphatic rings. The van der Waals surface area contributed by atoms with E-state index in [1.165, 1.54) is 0 Å². The Morgan fingerprint density at radius 1 is 1.33 bits per heavy atom. The number of nitrogens with one attached hydrogen (secondary N) is 1. The average Bonchev–Trinajstić information content (AvgIpc) is 3.04. The van der Waals surface area contributed by atoms with E-state index in [0.717, 1.165) is 10.3 Å². The lowest BCUT2D eigenvalue weighted by Gasteiger charge is -2.19. The Kier molecular flexibility index (Phi) is 3.68. The van der Waals surface area contributed by atoms with Gasteiger partial charge in [-0.15, -0.1) is 0 Å². The Labute approximate surface area is 135 Å². The van der Waals surface area contributed by atoms with E-state index in [2.05, 4.69) is 9.97 Å². The molecule has 1 aromatic carbocycles. The first-order valence-electron chi connectivity index (χ1n) is 7.07. The highest BCUT2D eigenvalue weighted by molar-refractivity contribution is 5.85. The molecule has 9 heteroatoms. The lowest BCUT2D eigenvalue weighted by Crippen LogP contribution is -2.38. The van der Waals surface area contributed by atoms with Crippen LogP contribution in [0.5, 0.6) is 0 Å². The number of hydrogen-bond acceptors (Lipinski definition) is 5. The van der Waals surface area contributed by atoms with Gasteiger partial charge < -0.3 is 19.6 Å². The molecule has 0 radical (unpaired) electrons. The number of aromatic nitrogens is 4. The maximum atomic E-state index is 12.1. The van der Waals surface area contributed by atoms with Crippen LogP contribution in [0.2, 0.25) is 0 Å². The predicted molar refractivity (Wildman–Crippen MR) is 87.9 cm³/mol. The first-order chi connectivity index (χ1) is 11.4. The van der Waals surface area contributed by atoms with E-state index < -0.39 is 23.6 Å². The normalized spacial score (nSPS) is 10.9. The number of carboxylic acid groups (broad SMARTS) is 1. The molecule has 0 bridgehead atoms. The highest BCUT2D eigenvalue weighted by atomic mass is 16.4. The fourth-order valence-corrected chi connectivity index (χ4v) is 2.56. The number of anilines is 1. The van der Waals surface area contributed by atoms with Gasteiger partial charge in [0.2, 0.25) is 0 Å². The molecule has 24 heavy (non-hydrogen) atoms. The third-order valence-electron chi connectivity index (χ3n) is 3.63. The van der Waals surface area contributed by atoms with E-state index in [4.69, 9.17) is 5.11 Å². The van der Waals surface area contributed by atoms with Gasteiger partial charge in [0.15, 0.2) is 0 Å². The number of benzene rings is 1. The van der Waals surface area contributed by atoms with E-state index in [-0.39, 0.29) is 0 Å². The fourth-order valence-electron chi connectivity index (χ4n) is 2.56. The van der Waals surface area contributed by atoms with Crippen LogP contribution in [-0.4, -0.2) is 44.3 Å². The standard InChI is InChI=1S/C15H15N5O4/c1-18(2)11-5-9-10(6-12(11)19-4-3-16-8-19)20(7-13(21)22)15(24)14(23)17-9/h3-6,8H,7H2,1-2H3,(H,17,23)(H,21,22). The van der Waals surface area contributed by atoms with Crippen molar-refractivity contribution in [3.63, 3.8) is 0 Å². The Hall–Kier alpha value is -3.36. The van der Waals surface area contributed by atoms with Gasteiger partial charge in [-0.3, -0.25) is 19.0 Å². The van der Waals surface area contributed by atoms with Crippen LogP contribution in [0.15, 0.2) is 40.4 Å². The van der Waals surface area contributed by atoms with Crippen molar-refractivity contribution in [3.05, 3.63) is 51.6 Å². The van der Waals surface area contributed by atoms with Crippen LogP contribution in [0.4, 0.5) is 5.69 Å². The van der Waals surface area contributed by atoms with Crippen molar-refractivity contribution in [2.45, 2.75) is 6.54 Å². The Bertz CT molecular complexity index is 1030. The minimum Gasteiger partial charge on any atom is -0.480 e. The number of hydrogen-bond donors (Lipinski definition) is 2. The molecule has 3 aromatic rings. The molecule has 3 rings (SSSR count). The SMILES string of the molecule is CN(C)c1cc2[nH]c(=O)c(=O)n(CC(=O)O)c2cc1-n1ccnc1. The summed E-state index contributed by atoms with van der Waals surface area (Å²) in [6.45, 7) is -0.593. The van der Waals surface area contributed by atoms with Crippen molar-refractivity contribution in [1.29, 1.82) is 0 Å². The third kappa shape index (κ3) is 2.56. The smallest absolute Gasteiger partial charge is 0.323 e. The first-order valence-corrected chi connectivity index (χ1v) is 7.07. The number of rotatable bonds is 4. The van der Waals surface area contributed by atoms with Crippen LogP contribution in [-0.2, 0) is 11.3 Å². The molecule has 2 N–H and O–H groups in total. The molecule has 0 fully saturated rings. The summed E-state index contributed by atoms with van der Waals surface area (Å²) in [5.41, 5.74) is 0.430. The van der Waals surface area contributed by atoms with Gasteiger partial charge in [0, 0.05) is 26.5 Å². The van der Waals surface area contributed by atoms with Crippen LogP contribution in [0.1, 0.15) is 0 Å². The maximum Gasteiger partial charge on any atom is 0.323 e. The minimum atomic E-state index is -1.20. The van der Waals surface area contributed by atoms with Crippen LogP contribution in [0, 0.1) is 0 Å². The maximum absolute atomic E-state index is 12.1. The summed E-state index contributed by atoms with van der Waals surface area (Å²) >= 11 is 0. The molecule has 0 saturated heterocycles. The number of nitrogens with zero attached hydrogens (tertiary/aromatic N) is 4. The number of carbonyl (C=O) groups is 1. The summed E-state index contributed by atoms with van der Waals surface area (Å²) in [5.74, 6) is -1.20. The zero-order valence-corrected chi connectivity index (χ0v) is 13.1. The minimum absolute atomic E-state index is 0.330. The number of fused-ring (bicyclic) bond motifs is 1. The van der Waals surface area contributed by atoms with Crippen molar-refractivity contribution in [2.24, 2.45) is 0 Å². The van der Waals surface area contributed by atoms with Gasteiger partial charge in [0.25, 0.3) is 0 Å². The van der Waals surface area contributed by atoms with Crippen LogP contribution >= 0.6 is 0 Å². The number of carboxylic acids is 1. The van der Waals surface area contributed by atoms with Crippen LogP contribution in [0.3, 0.4) is 0 Å². The van der Waals surface area contributed by atoms with Crippen molar-refractivity contribution >= 4 is 22.7 Å². The van der Waals surface area contributed by atoms with Gasteiger partial charge >= 0.3 is 17.1 Å². The van der Waals surface area contributed by atoms with E-state index in [0.29, 0.717) is 16.7 Å². The monoisotopic (exact) mass is 329 g/mol. The van der Waals surface area contributed by atoms with Gasteiger partial charge in [-0.25, -0.2) is 4.98 Å². The number of imidazole rings is 1. The van der Waals surface area contributed by atoms with Gasteiger partial charge in [-0.2, -0.15) is 0 Å². The lowest BCUT2D eigenvalue weighted by atomic mass is 10.2. The zero-order chi connectivity index (χ0) is 17.4. The van der Waals surface area contributed by atoms with Crippen LogP contribution < -0.4 is 16.0 Å². The van der Waals surface area contributed by atoms with Crippen molar-refractivity contribution in [3.8, 4) is 5.69 Å². The Balaban J connectivity index is 2.42. The average molecular weight is 329 g/mol. The Morgan fingerprint density at radius 2 is 2.08 bits per heavy atom. The molecule has 2 aromatic heterocycles. The van der Waals surface area contributed by atoms with E-state index in [1.807, 2.05) is 19.0 Å². The largest absolute Gasteiger partial charge is 0.480 e. The third-order valence-corrected chi connectivity index (χ3v) is 3.63. The summed E-state index contributed by atoms with van der Waals surface area (Å²) in [5, 5.41) is 9.04. The van der Waals surface area contributed by atoms with Gasteiger partial charge in [-0.1, -0.05) is 0 Å². The first kappa shape index (κ1) is 15.5. The second-order valence-electron chi connectivity index (χ2n) is 5.46. The van der Waals surface area contributed by atoms with Crippen LogP contribution in [0.25, 0.3) is 16.7 Å². The summed E-state index contributed by atoms with van der Waals surface area (Å²) in [6.07, 6.45) is 4.94. The van der Waals surface area contributed by atoms with Crippen molar-refractivity contribution < 1.29 is 9.90 Å². The molecule has 0 spiro atoms. The fraction of sp³-hybridized carbons (Fsp3) is 0.200. The lowest BCUT2D eigenvalue weighted by molar-refractivity contribution is -0.137. The number of aromatic amines is 1. The Morgan fingerprint density at radius 3 is 2.67 bits per heavy atom. The highest BCUT2D eigenvalue weighted by Crippen LogP contribution is 2.27. The highest BCUT2D eigenvalue weighted by Gasteiger charge is 2.15. The second-order valence-corrected chi connectivity index (χ2v) is 5.46. The van der Waals surface area contributed by atoms with E-state index in [9.17, 15) is 14.4 Å². The molecule has 0 unspecified atom stereocenters. The van der Waals surface area contributed by atoms with Gasteiger partial charge in [0.05, 0.1) is 28.7 Å². The molecule has 2 heterocycles. The predicted octanol–water partition coefficient (Wildman–Crippen LogP) is 0.0261.